The molecule has 0 spiro atoms. The van der Waals surface area contributed by atoms with Crippen LogP contribution in [0.25, 0.3) is 0 Å². The predicted octanol–water partition coefficient (Wildman–Crippen LogP) is 5.64. The molecular formula is C20H32F5NO3. The Morgan fingerprint density at radius 3 is 1.93 bits per heavy atom. The molecule has 1 unspecified atom stereocenters. The van der Waals surface area contributed by atoms with Gasteiger partial charge in [0.15, 0.2) is 0 Å². The van der Waals surface area contributed by atoms with Gasteiger partial charge in [-0.25, -0.2) is 4.79 Å². The number of unbranched alkanes of at least 4 members (excludes halogenated alkanes) is 9. The molecule has 1 fully saturated rings. The normalized spacial score (nSPS) is 17.6. The summed E-state index contributed by atoms with van der Waals surface area (Å²) < 4.78 is 68.8. The zero-order valence-corrected chi connectivity index (χ0v) is 17.0. The summed E-state index contributed by atoms with van der Waals surface area (Å²) in [6.07, 6.45) is 5.12. The van der Waals surface area contributed by atoms with Crippen molar-refractivity contribution < 1.29 is 36.3 Å². The first-order valence-electron chi connectivity index (χ1n) is 10.5. The zero-order chi connectivity index (χ0) is 21.9. The Morgan fingerprint density at radius 2 is 1.41 bits per heavy atom. The lowest BCUT2D eigenvalue weighted by Crippen LogP contribution is -2.55. The summed E-state index contributed by atoms with van der Waals surface area (Å²) in [6, 6.07) is -1.38. The Bertz CT molecular complexity index is 511. The van der Waals surface area contributed by atoms with Gasteiger partial charge in [-0.15, -0.1) is 0 Å². The molecule has 0 aromatic carbocycles. The zero-order valence-electron chi connectivity index (χ0n) is 17.0. The van der Waals surface area contributed by atoms with Crippen LogP contribution >= 0.6 is 0 Å². The molecule has 29 heavy (non-hydrogen) atoms. The summed E-state index contributed by atoms with van der Waals surface area (Å²) in [5.41, 5.74) is 0. The molecular weight excluding hydrogens is 397 g/mol. The van der Waals surface area contributed by atoms with Crippen molar-refractivity contribution in [3.8, 4) is 0 Å². The van der Waals surface area contributed by atoms with Gasteiger partial charge in [0.25, 0.3) is 0 Å². The van der Waals surface area contributed by atoms with Crippen molar-refractivity contribution in [2.24, 2.45) is 0 Å². The van der Waals surface area contributed by atoms with Crippen LogP contribution in [0.15, 0.2) is 0 Å². The fourth-order valence-electron chi connectivity index (χ4n) is 3.41. The summed E-state index contributed by atoms with van der Waals surface area (Å²) in [4.78, 5) is 24.0. The quantitative estimate of drug-likeness (QED) is 0.216. The fourth-order valence-corrected chi connectivity index (χ4v) is 3.41. The van der Waals surface area contributed by atoms with Gasteiger partial charge in [0, 0.05) is 6.54 Å². The number of amides is 1. The maximum atomic E-state index is 13.3. The number of carbonyl (C=O) groups excluding carboxylic acids is 2. The Hall–Kier alpha value is -1.41. The maximum absolute atomic E-state index is 13.3. The topological polar surface area (TPSA) is 46.6 Å². The average Bonchev–Trinajstić information content (AvgIpc) is 3.14. The lowest BCUT2D eigenvalue weighted by molar-refractivity contribution is -0.274. The van der Waals surface area contributed by atoms with Gasteiger partial charge in [-0.1, -0.05) is 64.7 Å². The molecule has 9 heteroatoms. The highest BCUT2D eigenvalue weighted by Crippen LogP contribution is 2.38. The van der Waals surface area contributed by atoms with E-state index >= 15 is 0 Å². The molecule has 1 saturated heterocycles. The van der Waals surface area contributed by atoms with Crippen LogP contribution in [0, 0.1) is 0 Å². The molecule has 1 aliphatic rings. The third-order valence-electron chi connectivity index (χ3n) is 5.15. The molecule has 0 radical (unpaired) electrons. The minimum absolute atomic E-state index is 0.0243. The third-order valence-corrected chi connectivity index (χ3v) is 5.15. The fraction of sp³-hybridized carbons (Fsp3) is 0.900. The van der Waals surface area contributed by atoms with E-state index in [2.05, 4.69) is 6.92 Å². The second-order valence-corrected chi connectivity index (χ2v) is 7.58. The van der Waals surface area contributed by atoms with Crippen molar-refractivity contribution in [2.75, 3.05) is 13.2 Å². The minimum Gasteiger partial charge on any atom is -0.464 e. The van der Waals surface area contributed by atoms with Crippen molar-refractivity contribution in [3.63, 3.8) is 0 Å². The first-order valence-corrected chi connectivity index (χ1v) is 10.5. The maximum Gasteiger partial charge on any atom is 0.463 e. The van der Waals surface area contributed by atoms with Crippen LogP contribution in [0.2, 0.25) is 0 Å². The van der Waals surface area contributed by atoms with Crippen LogP contribution in [0.4, 0.5) is 22.0 Å². The molecule has 1 atom stereocenters. The molecule has 0 saturated carbocycles. The van der Waals surface area contributed by atoms with Gasteiger partial charge in [-0.05, 0) is 19.3 Å². The third kappa shape index (κ3) is 8.09. The van der Waals surface area contributed by atoms with Crippen molar-refractivity contribution in [3.05, 3.63) is 0 Å². The number of halogens is 5. The van der Waals surface area contributed by atoms with Crippen molar-refractivity contribution in [1.29, 1.82) is 0 Å². The van der Waals surface area contributed by atoms with Crippen LogP contribution in [0.1, 0.15) is 84.0 Å². The molecule has 1 heterocycles. The van der Waals surface area contributed by atoms with Crippen LogP contribution in [-0.4, -0.2) is 48.1 Å². The van der Waals surface area contributed by atoms with Gasteiger partial charge in [-0.2, -0.15) is 22.0 Å². The summed E-state index contributed by atoms with van der Waals surface area (Å²) in [7, 11) is 0. The van der Waals surface area contributed by atoms with Gasteiger partial charge in [0.1, 0.15) is 6.04 Å². The van der Waals surface area contributed by atoms with Gasteiger partial charge in [0.05, 0.1) is 6.61 Å². The monoisotopic (exact) mass is 429 g/mol. The number of likely N-dealkylation sites (tertiary alicyclic amines) is 1. The average molecular weight is 429 g/mol. The minimum atomic E-state index is -5.99. The van der Waals surface area contributed by atoms with Crippen molar-refractivity contribution >= 4 is 11.9 Å². The Balaban J connectivity index is 2.26. The molecule has 0 aliphatic carbocycles. The van der Waals surface area contributed by atoms with Crippen LogP contribution in [0.5, 0.6) is 0 Å². The number of alkyl halides is 5. The van der Waals surface area contributed by atoms with E-state index in [1.807, 2.05) is 0 Å². The van der Waals surface area contributed by atoms with E-state index in [1.54, 1.807) is 0 Å². The standard InChI is InChI=1S/C20H32F5NO3/c1-2-3-4-5-6-7-8-9-10-11-15-29-17(27)16-13-12-14-26(16)18(28)19(21,22)20(23,24)25/h16H,2-15H2,1H3. The molecule has 0 bridgehead atoms. The number of carbonyl (C=O) groups is 2. The SMILES string of the molecule is CCCCCCCCCCCCOC(=O)C1CCCN1C(=O)C(F)(F)C(F)(F)F. The number of nitrogens with zero attached hydrogens (tertiary/aromatic N) is 1. The van der Waals surface area contributed by atoms with Crippen LogP contribution in [0.3, 0.4) is 0 Å². The molecule has 4 nitrogen and oxygen atoms in total. The lowest BCUT2D eigenvalue weighted by Gasteiger charge is -2.28. The van der Waals surface area contributed by atoms with Gasteiger partial charge >= 0.3 is 24.0 Å². The first-order chi connectivity index (χ1) is 13.6. The second-order valence-electron chi connectivity index (χ2n) is 7.58. The molecule has 0 aromatic rings. The second kappa shape index (κ2) is 12.3. The number of ether oxygens (including phenoxy) is 1. The van der Waals surface area contributed by atoms with E-state index in [1.165, 1.54) is 32.1 Å². The number of rotatable bonds is 13. The highest BCUT2D eigenvalue weighted by Gasteiger charge is 2.65. The Morgan fingerprint density at radius 1 is 0.897 bits per heavy atom. The predicted molar refractivity (Wildman–Crippen MR) is 98.5 cm³/mol. The molecule has 170 valence electrons. The molecule has 0 N–H and O–H groups in total. The number of hydrogen-bond acceptors (Lipinski definition) is 3. The van der Waals surface area contributed by atoms with Gasteiger partial charge in [-0.3, -0.25) is 4.79 Å². The summed E-state index contributed by atoms with van der Waals surface area (Å²) in [5.74, 6) is -8.81. The van der Waals surface area contributed by atoms with E-state index in [9.17, 15) is 31.5 Å². The number of esters is 1. The highest BCUT2D eigenvalue weighted by atomic mass is 19.4. The van der Waals surface area contributed by atoms with Crippen LogP contribution in [-0.2, 0) is 14.3 Å². The van der Waals surface area contributed by atoms with E-state index in [4.69, 9.17) is 4.74 Å². The largest absolute Gasteiger partial charge is 0.464 e. The van der Waals surface area contributed by atoms with Crippen molar-refractivity contribution in [1.82, 2.24) is 4.90 Å². The van der Waals surface area contributed by atoms with E-state index < -0.39 is 30.0 Å². The summed E-state index contributed by atoms with van der Waals surface area (Å²) in [6.45, 7) is 1.93. The molecule has 1 rings (SSSR count). The van der Waals surface area contributed by atoms with Crippen LogP contribution < -0.4 is 0 Å². The van der Waals surface area contributed by atoms with Gasteiger partial charge in [0.2, 0.25) is 0 Å². The van der Waals surface area contributed by atoms with E-state index in [-0.39, 0.29) is 26.0 Å². The van der Waals surface area contributed by atoms with Crippen molar-refractivity contribution in [2.45, 2.75) is 102 Å². The molecule has 1 amide bonds. The molecule has 0 aromatic heterocycles. The highest BCUT2D eigenvalue weighted by molar-refractivity contribution is 5.89. The molecule has 1 aliphatic heterocycles. The van der Waals surface area contributed by atoms with E-state index in [0.29, 0.717) is 11.3 Å². The summed E-state index contributed by atoms with van der Waals surface area (Å²) >= 11 is 0. The lowest BCUT2D eigenvalue weighted by atomic mass is 10.1. The Labute approximate surface area is 169 Å². The van der Waals surface area contributed by atoms with E-state index in [0.717, 1.165) is 25.7 Å². The van der Waals surface area contributed by atoms with Gasteiger partial charge < -0.3 is 9.64 Å². The summed E-state index contributed by atoms with van der Waals surface area (Å²) in [5, 5.41) is 0. The first kappa shape index (κ1) is 25.6. The smallest absolute Gasteiger partial charge is 0.463 e. The number of hydrogen-bond donors (Lipinski definition) is 0. The Kier molecular flexibility index (Phi) is 10.9.